The summed E-state index contributed by atoms with van der Waals surface area (Å²) in [5, 5.41) is 0.497. The molecule has 10 heteroatoms. The summed E-state index contributed by atoms with van der Waals surface area (Å²) in [6.45, 7) is 5.03. The normalized spacial score (nSPS) is 24.6. The molecule has 2 amide bonds. The van der Waals surface area contributed by atoms with Crippen LogP contribution in [0.2, 0.25) is 5.02 Å². The highest BCUT2D eigenvalue weighted by atomic mass is 35.5. The third-order valence-electron chi connectivity index (χ3n) is 7.62. The smallest absolute Gasteiger partial charge is 0.369 e. The van der Waals surface area contributed by atoms with Crippen LogP contribution in [0.25, 0.3) is 0 Å². The highest BCUT2D eigenvalue weighted by Gasteiger charge is 2.42. The van der Waals surface area contributed by atoms with Crippen LogP contribution in [-0.4, -0.2) is 73.6 Å². The number of piperidine rings is 1. The number of primary amides is 1. The number of rotatable bonds is 7. The topological polar surface area (TPSA) is 69.9 Å². The van der Waals surface area contributed by atoms with Gasteiger partial charge in [0.2, 0.25) is 11.8 Å². The fourth-order valence-corrected chi connectivity index (χ4v) is 5.70. The first-order valence-electron chi connectivity index (χ1n) is 12.8. The van der Waals surface area contributed by atoms with Gasteiger partial charge in [-0.1, -0.05) is 42.8 Å². The van der Waals surface area contributed by atoms with E-state index in [1.165, 1.54) is 0 Å². The number of amides is 2. The Kier molecular flexibility index (Phi) is 8.23. The number of likely N-dealkylation sites (tertiary alicyclic amines) is 1. The van der Waals surface area contributed by atoms with Crippen LogP contribution in [-0.2, 0) is 15.0 Å². The molecule has 37 heavy (non-hydrogen) atoms. The van der Waals surface area contributed by atoms with Crippen molar-refractivity contribution in [2.24, 2.45) is 11.7 Å². The van der Waals surface area contributed by atoms with Crippen LogP contribution in [0.15, 0.2) is 42.0 Å². The number of nitrogens with zero attached hydrogens (tertiary/aromatic N) is 3. The van der Waals surface area contributed by atoms with Gasteiger partial charge in [-0.3, -0.25) is 14.5 Å². The molecular weight excluding hydrogens is 505 g/mol. The fraction of sp³-hybridized carbons (Fsp3) is 0.556. The zero-order valence-electron chi connectivity index (χ0n) is 21.1. The number of carbonyl (C=O) groups is 2. The van der Waals surface area contributed by atoms with Crippen molar-refractivity contribution in [2.45, 2.75) is 44.2 Å². The molecule has 2 N–H and O–H groups in total. The predicted octanol–water partition coefficient (Wildman–Crippen LogP) is 4.28. The predicted molar refractivity (Wildman–Crippen MR) is 138 cm³/mol. The SMILES string of the molecule is CCCC(=O)N1CCC2C=CC(C(N)=O)(c3ccc(Cl)cc3N3CCN(CCC(F)(F)F)CC3)C=C2C1. The Bertz CT molecular complexity index is 1080. The minimum absolute atomic E-state index is 0.0333. The summed E-state index contributed by atoms with van der Waals surface area (Å²) >= 11 is 6.37. The monoisotopic (exact) mass is 538 g/mol. The Morgan fingerprint density at radius 3 is 2.54 bits per heavy atom. The molecule has 0 aromatic heterocycles. The van der Waals surface area contributed by atoms with Crippen LogP contribution in [0.3, 0.4) is 0 Å². The van der Waals surface area contributed by atoms with Crippen molar-refractivity contribution in [3.63, 3.8) is 0 Å². The molecule has 1 aromatic carbocycles. The molecule has 2 fully saturated rings. The zero-order valence-corrected chi connectivity index (χ0v) is 21.8. The van der Waals surface area contributed by atoms with E-state index in [2.05, 4.69) is 4.90 Å². The number of fused-ring (bicyclic) bond motifs is 1. The summed E-state index contributed by atoms with van der Waals surface area (Å²) in [7, 11) is 0. The molecule has 6 nitrogen and oxygen atoms in total. The Balaban J connectivity index is 1.62. The van der Waals surface area contributed by atoms with Gasteiger partial charge in [0, 0.05) is 68.9 Å². The molecule has 1 aromatic rings. The molecule has 0 saturated carbocycles. The van der Waals surface area contributed by atoms with E-state index in [1.807, 2.05) is 36.1 Å². The molecular formula is C27H34ClF3N4O2. The number of hydrogen-bond acceptors (Lipinski definition) is 4. The summed E-state index contributed by atoms with van der Waals surface area (Å²) < 4.78 is 38.0. The van der Waals surface area contributed by atoms with Crippen LogP contribution in [0.4, 0.5) is 18.9 Å². The Labute approximate surface area is 220 Å². The molecule has 2 saturated heterocycles. The summed E-state index contributed by atoms with van der Waals surface area (Å²) in [4.78, 5) is 31.4. The van der Waals surface area contributed by atoms with Gasteiger partial charge >= 0.3 is 6.18 Å². The van der Waals surface area contributed by atoms with Crippen molar-refractivity contribution in [3.05, 3.63) is 52.6 Å². The van der Waals surface area contributed by atoms with E-state index in [-0.39, 0.29) is 18.4 Å². The van der Waals surface area contributed by atoms with Gasteiger partial charge in [0.25, 0.3) is 0 Å². The highest BCUT2D eigenvalue weighted by molar-refractivity contribution is 6.31. The lowest BCUT2D eigenvalue weighted by Crippen LogP contribution is -2.49. The van der Waals surface area contributed by atoms with Crippen LogP contribution >= 0.6 is 11.6 Å². The van der Waals surface area contributed by atoms with Crippen molar-refractivity contribution in [2.75, 3.05) is 50.7 Å². The molecule has 2 heterocycles. The van der Waals surface area contributed by atoms with Gasteiger partial charge < -0.3 is 15.5 Å². The summed E-state index contributed by atoms with van der Waals surface area (Å²) in [6, 6.07) is 5.33. The molecule has 0 bridgehead atoms. The number of benzene rings is 1. The van der Waals surface area contributed by atoms with Gasteiger partial charge in [0.15, 0.2) is 0 Å². The number of nitrogens with two attached hydrogens (primary N) is 1. The molecule has 4 rings (SSSR count). The molecule has 2 aliphatic heterocycles. The maximum atomic E-state index is 13.1. The van der Waals surface area contributed by atoms with Crippen molar-refractivity contribution < 1.29 is 22.8 Å². The highest BCUT2D eigenvalue weighted by Crippen LogP contribution is 2.43. The molecule has 202 valence electrons. The number of halogens is 4. The molecule has 2 unspecified atom stereocenters. The third-order valence-corrected chi connectivity index (χ3v) is 7.85. The van der Waals surface area contributed by atoms with Gasteiger partial charge in [-0.25, -0.2) is 0 Å². The number of anilines is 1. The standard InChI is InChI=1S/C27H34ClF3N4O2/c1-2-3-24(36)35-10-7-19-6-8-26(25(32)37,17-20(19)18-35)22-5-4-21(28)16-23(22)34-14-12-33(13-15-34)11-9-27(29,30)31/h4-6,8,16-17,19H,2-3,7,9-15,18H2,1H3,(H2,32,37). The second-order valence-electron chi connectivity index (χ2n) is 10.1. The maximum absolute atomic E-state index is 13.1. The quantitative estimate of drug-likeness (QED) is 0.526. The Hall–Kier alpha value is -2.52. The molecule has 3 aliphatic rings. The minimum Gasteiger partial charge on any atom is -0.369 e. The lowest BCUT2D eigenvalue weighted by atomic mass is 9.70. The average Bonchev–Trinajstić information content (AvgIpc) is 2.86. The summed E-state index contributed by atoms with van der Waals surface area (Å²) in [5.41, 5.74) is 7.27. The second kappa shape index (κ2) is 11.1. The van der Waals surface area contributed by atoms with E-state index < -0.39 is 23.9 Å². The summed E-state index contributed by atoms with van der Waals surface area (Å²) in [6.07, 6.45) is 2.84. The lowest BCUT2D eigenvalue weighted by Gasteiger charge is -2.41. The fourth-order valence-electron chi connectivity index (χ4n) is 5.53. The second-order valence-corrected chi connectivity index (χ2v) is 10.6. The molecule has 2 atom stereocenters. The van der Waals surface area contributed by atoms with Crippen molar-refractivity contribution in [3.8, 4) is 0 Å². The van der Waals surface area contributed by atoms with Crippen LogP contribution in [0.5, 0.6) is 0 Å². The first-order valence-corrected chi connectivity index (χ1v) is 13.2. The third kappa shape index (κ3) is 6.14. The number of alkyl halides is 3. The Morgan fingerprint density at radius 2 is 1.89 bits per heavy atom. The maximum Gasteiger partial charge on any atom is 0.390 e. The number of hydrogen-bond donors (Lipinski definition) is 1. The van der Waals surface area contributed by atoms with Gasteiger partial charge in [0.05, 0.1) is 6.42 Å². The van der Waals surface area contributed by atoms with E-state index in [4.69, 9.17) is 17.3 Å². The first-order chi connectivity index (χ1) is 17.5. The summed E-state index contributed by atoms with van der Waals surface area (Å²) in [5.74, 6) is -0.276. The largest absolute Gasteiger partial charge is 0.390 e. The van der Waals surface area contributed by atoms with Gasteiger partial charge in [-0.05, 0) is 36.1 Å². The molecule has 0 radical (unpaired) electrons. The lowest BCUT2D eigenvalue weighted by molar-refractivity contribution is -0.138. The molecule has 0 spiro atoms. The minimum atomic E-state index is -4.18. The van der Waals surface area contributed by atoms with E-state index >= 15 is 0 Å². The number of allylic oxidation sites excluding steroid dienone is 1. The van der Waals surface area contributed by atoms with Crippen molar-refractivity contribution in [1.82, 2.24) is 9.80 Å². The van der Waals surface area contributed by atoms with Crippen LogP contribution < -0.4 is 10.6 Å². The van der Waals surface area contributed by atoms with E-state index in [0.717, 1.165) is 24.1 Å². The number of carbonyl (C=O) groups excluding carboxylic acids is 2. The number of piperazine rings is 1. The molecule has 1 aliphatic carbocycles. The van der Waals surface area contributed by atoms with Gasteiger partial charge in [-0.15, -0.1) is 0 Å². The van der Waals surface area contributed by atoms with Crippen LogP contribution in [0, 0.1) is 5.92 Å². The Morgan fingerprint density at radius 1 is 1.16 bits per heavy atom. The van der Waals surface area contributed by atoms with E-state index in [0.29, 0.717) is 56.3 Å². The van der Waals surface area contributed by atoms with E-state index in [1.54, 1.807) is 17.0 Å². The van der Waals surface area contributed by atoms with E-state index in [9.17, 15) is 22.8 Å². The average molecular weight is 539 g/mol. The van der Waals surface area contributed by atoms with Crippen molar-refractivity contribution >= 4 is 29.1 Å². The van der Waals surface area contributed by atoms with Crippen molar-refractivity contribution in [1.29, 1.82) is 0 Å². The first kappa shape index (κ1) is 27.5. The van der Waals surface area contributed by atoms with Gasteiger partial charge in [-0.2, -0.15) is 13.2 Å². The zero-order chi connectivity index (χ0) is 26.8. The van der Waals surface area contributed by atoms with Gasteiger partial charge in [0.1, 0.15) is 5.41 Å². The van der Waals surface area contributed by atoms with Crippen LogP contribution in [0.1, 0.15) is 38.2 Å².